The van der Waals surface area contributed by atoms with Crippen molar-refractivity contribution in [2.24, 2.45) is 0 Å². The van der Waals surface area contributed by atoms with Gasteiger partial charge in [0.1, 0.15) is 0 Å². The summed E-state index contributed by atoms with van der Waals surface area (Å²) in [4.78, 5) is 38.0. The number of anilines is 1. The molecule has 0 bridgehead atoms. The largest absolute Gasteiger partial charge is 0.461 e. The third kappa shape index (κ3) is 3.27. The summed E-state index contributed by atoms with van der Waals surface area (Å²) < 4.78 is 6.16. The number of carbonyl (C=O) groups excluding carboxylic acids is 2. The second-order valence-corrected chi connectivity index (χ2v) is 5.43. The molecule has 0 atom stereocenters. The summed E-state index contributed by atoms with van der Waals surface area (Å²) in [5, 5.41) is 15.0. The molecule has 0 saturated heterocycles. The number of nitro groups is 1. The topological polar surface area (TPSA) is 146 Å². The Balaban J connectivity index is 2.13. The van der Waals surface area contributed by atoms with Gasteiger partial charge in [0.25, 0.3) is 5.69 Å². The van der Waals surface area contributed by atoms with E-state index < -0.39 is 16.7 Å². The number of nitrogen functional groups attached to an aromatic ring is 1. The van der Waals surface area contributed by atoms with Gasteiger partial charge in [-0.2, -0.15) is 5.10 Å². The van der Waals surface area contributed by atoms with Crippen molar-refractivity contribution < 1.29 is 19.2 Å². The highest BCUT2D eigenvalue weighted by Gasteiger charge is 2.28. The Morgan fingerprint density at radius 2 is 2.00 bits per heavy atom. The molecule has 10 heteroatoms. The Morgan fingerprint density at radius 3 is 2.56 bits per heavy atom. The highest BCUT2D eigenvalue weighted by atomic mass is 16.6. The minimum Gasteiger partial charge on any atom is -0.461 e. The van der Waals surface area contributed by atoms with E-state index in [1.54, 1.807) is 25.3 Å². The number of nitrogens with one attached hydrogen (secondary N) is 1. The predicted molar refractivity (Wildman–Crippen MR) is 94.8 cm³/mol. The summed E-state index contributed by atoms with van der Waals surface area (Å²) in [5.41, 5.74) is 6.10. The van der Waals surface area contributed by atoms with Crippen molar-refractivity contribution in [3.8, 4) is 5.69 Å². The Morgan fingerprint density at radius 1 is 1.30 bits per heavy atom. The monoisotopic (exact) mass is 369 g/mol. The van der Waals surface area contributed by atoms with E-state index in [4.69, 9.17) is 10.5 Å². The lowest BCUT2D eigenvalue weighted by molar-refractivity contribution is -0.384. The molecule has 0 aliphatic rings. The zero-order chi connectivity index (χ0) is 19.6. The van der Waals surface area contributed by atoms with E-state index in [9.17, 15) is 19.7 Å². The second kappa shape index (κ2) is 7.12. The first-order valence-corrected chi connectivity index (χ1v) is 7.92. The molecule has 3 aromatic rings. The van der Waals surface area contributed by atoms with Crippen LogP contribution in [0.4, 0.5) is 11.4 Å². The first kappa shape index (κ1) is 17.9. The molecule has 3 N–H and O–H groups in total. The van der Waals surface area contributed by atoms with E-state index in [1.165, 1.54) is 24.3 Å². The molecule has 10 nitrogen and oxygen atoms in total. The molecule has 27 heavy (non-hydrogen) atoms. The number of ether oxygens (including phenoxy) is 1. The number of aromatic nitrogens is 3. The summed E-state index contributed by atoms with van der Waals surface area (Å²) in [6, 6.07) is 8.51. The summed E-state index contributed by atoms with van der Waals surface area (Å²) in [6.45, 7) is 1.73. The van der Waals surface area contributed by atoms with Crippen LogP contribution in [0.2, 0.25) is 0 Å². The fraction of sp³-hybridized carbons (Fsp3) is 0.118. The Labute approximate surface area is 152 Å². The number of carbonyl (C=O) groups is 2. The highest BCUT2D eigenvalue weighted by Crippen LogP contribution is 2.25. The lowest BCUT2D eigenvalue weighted by Gasteiger charge is -2.07. The van der Waals surface area contributed by atoms with Crippen LogP contribution in [-0.2, 0) is 4.74 Å². The molecule has 0 saturated carbocycles. The van der Waals surface area contributed by atoms with Gasteiger partial charge in [-0.3, -0.25) is 14.9 Å². The summed E-state index contributed by atoms with van der Waals surface area (Å²) >= 11 is 0. The number of esters is 1. The number of hydrogen-bond acceptors (Lipinski definition) is 7. The maximum Gasteiger partial charge on any atom is 0.359 e. The van der Waals surface area contributed by atoms with Crippen LogP contribution in [0.5, 0.6) is 0 Å². The quantitative estimate of drug-likeness (QED) is 0.293. The van der Waals surface area contributed by atoms with Gasteiger partial charge in [0.2, 0.25) is 5.78 Å². The predicted octanol–water partition coefficient (Wildman–Crippen LogP) is 2.10. The molecule has 0 aliphatic heterocycles. The van der Waals surface area contributed by atoms with Crippen molar-refractivity contribution >= 4 is 23.1 Å². The zero-order valence-electron chi connectivity index (χ0n) is 14.2. The molecule has 0 radical (unpaired) electrons. The number of H-pyrrole nitrogens is 1. The van der Waals surface area contributed by atoms with Crippen molar-refractivity contribution in [3.63, 3.8) is 0 Å². The maximum absolute atomic E-state index is 12.6. The molecule has 138 valence electrons. The fourth-order valence-corrected chi connectivity index (χ4v) is 2.50. The minimum atomic E-state index is -0.758. The smallest absolute Gasteiger partial charge is 0.359 e. The van der Waals surface area contributed by atoms with Crippen LogP contribution >= 0.6 is 0 Å². The molecule has 2 heterocycles. The Kier molecular flexibility index (Phi) is 4.71. The van der Waals surface area contributed by atoms with E-state index in [1.807, 2.05) is 0 Å². The third-order valence-electron chi connectivity index (χ3n) is 3.75. The molecule has 0 spiro atoms. The van der Waals surface area contributed by atoms with Gasteiger partial charge in [0.15, 0.2) is 11.4 Å². The zero-order valence-corrected chi connectivity index (χ0v) is 14.2. The Hall–Kier alpha value is -3.95. The van der Waals surface area contributed by atoms with E-state index in [0.29, 0.717) is 5.69 Å². The molecule has 0 unspecified atom stereocenters. The standard InChI is InChI=1S/C17H15N5O5/c1-2-27-17(24)15-13(18)14(16(23)12-4-3-9-19-12)20-21(15)10-5-7-11(8-6-10)22(25)26/h3-9,19H,2,18H2,1H3. The van der Waals surface area contributed by atoms with Crippen LogP contribution in [0.1, 0.15) is 33.6 Å². The summed E-state index contributed by atoms with van der Waals surface area (Å²) in [7, 11) is 0. The number of rotatable bonds is 6. The number of hydrogen-bond donors (Lipinski definition) is 2. The molecule has 0 amide bonds. The lowest BCUT2D eigenvalue weighted by atomic mass is 10.1. The molecule has 3 rings (SSSR count). The number of ketones is 1. The van der Waals surface area contributed by atoms with Crippen LogP contribution in [0.3, 0.4) is 0 Å². The van der Waals surface area contributed by atoms with Gasteiger partial charge in [-0.05, 0) is 31.2 Å². The first-order chi connectivity index (χ1) is 12.9. The van der Waals surface area contributed by atoms with Crippen molar-refractivity contribution in [3.05, 3.63) is 69.8 Å². The molecular weight excluding hydrogens is 354 g/mol. The van der Waals surface area contributed by atoms with Gasteiger partial charge >= 0.3 is 5.97 Å². The van der Waals surface area contributed by atoms with Gasteiger partial charge < -0.3 is 15.5 Å². The van der Waals surface area contributed by atoms with Gasteiger partial charge in [-0.15, -0.1) is 0 Å². The van der Waals surface area contributed by atoms with Crippen LogP contribution in [-0.4, -0.2) is 38.0 Å². The number of nitrogens with zero attached hydrogens (tertiary/aromatic N) is 3. The number of nitro benzene ring substituents is 1. The van der Waals surface area contributed by atoms with Crippen molar-refractivity contribution in [2.75, 3.05) is 12.3 Å². The van der Waals surface area contributed by atoms with Crippen LogP contribution in [0.25, 0.3) is 5.69 Å². The van der Waals surface area contributed by atoms with E-state index in [-0.39, 0.29) is 35.1 Å². The van der Waals surface area contributed by atoms with Crippen LogP contribution < -0.4 is 5.73 Å². The highest BCUT2D eigenvalue weighted by molar-refractivity contribution is 6.12. The average Bonchev–Trinajstić information content (AvgIpc) is 3.29. The van der Waals surface area contributed by atoms with Crippen molar-refractivity contribution in [1.82, 2.24) is 14.8 Å². The van der Waals surface area contributed by atoms with Gasteiger partial charge in [-0.25, -0.2) is 9.48 Å². The number of non-ortho nitro benzene ring substituents is 1. The lowest BCUT2D eigenvalue weighted by Crippen LogP contribution is -2.13. The maximum atomic E-state index is 12.6. The van der Waals surface area contributed by atoms with Crippen LogP contribution in [0, 0.1) is 10.1 Å². The van der Waals surface area contributed by atoms with Gasteiger partial charge in [0, 0.05) is 18.3 Å². The number of aromatic amines is 1. The molecule has 0 fully saturated rings. The molecule has 0 aliphatic carbocycles. The van der Waals surface area contributed by atoms with Gasteiger partial charge in [-0.1, -0.05) is 0 Å². The van der Waals surface area contributed by atoms with E-state index in [2.05, 4.69) is 10.1 Å². The van der Waals surface area contributed by atoms with Gasteiger partial charge in [0.05, 0.1) is 28.6 Å². The van der Waals surface area contributed by atoms with E-state index >= 15 is 0 Å². The SMILES string of the molecule is CCOC(=O)c1c(N)c(C(=O)c2ccc[nH]2)nn1-c1ccc([N+](=O)[O-])cc1. The van der Waals surface area contributed by atoms with Crippen molar-refractivity contribution in [2.45, 2.75) is 6.92 Å². The third-order valence-corrected chi connectivity index (χ3v) is 3.75. The fourth-order valence-electron chi connectivity index (χ4n) is 2.50. The molecule has 1 aromatic carbocycles. The minimum absolute atomic E-state index is 0.101. The summed E-state index contributed by atoms with van der Waals surface area (Å²) in [6.07, 6.45) is 1.57. The number of nitrogens with two attached hydrogens (primary N) is 1. The van der Waals surface area contributed by atoms with Crippen molar-refractivity contribution in [1.29, 1.82) is 0 Å². The van der Waals surface area contributed by atoms with E-state index in [0.717, 1.165) is 4.68 Å². The number of benzene rings is 1. The first-order valence-electron chi connectivity index (χ1n) is 7.92. The summed E-state index contributed by atoms with van der Waals surface area (Å²) in [5.74, 6) is -1.25. The average molecular weight is 369 g/mol. The molecular formula is C17H15N5O5. The van der Waals surface area contributed by atoms with Crippen LogP contribution in [0.15, 0.2) is 42.6 Å². The molecule has 2 aromatic heterocycles. The Bertz CT molecular complexity index is 1010. The second-order valence-electron chi connectivity index (χ2n) is 5.43. The normalized spacial score (nSPS) is 10.6.